The summed E-state index contributed by atoms with van der Waals surface area (Å²) in [6.45, 7) is 3.73. The minimum Gasteiger partial charge on any atom is -0.469 e. The van der Waals surface area contributed by atoms with Crippen molar-refractivity contribution in [3.63, 3.8) is 0 Å². The normalized spacial score (nSPS) is 25.9. The molecule has 6 heteroatoms. The maximum Gasteiger partial charge on any atom is 0.417 e. The molecule has 0 amide bonds. The Morgan fingerprint density at radius 1 is 1.44 bits per heavy atom. The summed E-state index contributed by atoms with van der Waals surface area (Å²) in [7, 11) is 1.29. The first-order valence-corrected chi connectivity index (χ1v) is 6.31. The summed E-state index contributed by atoms with van der Waals surface area (Å²) in [5, 5.41) is 1.10. The van der Waals surface area contributed by atoms with E-state index in [1.54, 1.807) is 0 Å². The Labute approximate surface area is 107 Å². The highest BCUT2D eigenvalue weighted by atomic mass is 32.1. The topological polar surface area (TPSA) is 26.3 Å². The van der Waals surface area contributed by atoms with E-state index in [2.05, 4.69) is 4.74 Å². The summed E-state index contributed by atoms with van der Waals surface area (Å²) in [6, 6.07) is 1.14. The average molecular weight is 278 g/mol. The molecule has 2 nitrogen and oxygen atoms in total. The van der Waals surface area contributed by atoms with Crippen LogP contribution in [0.3, 0.4) is 0 Å². The van der Waals surface area contributed by atoms with Crippen molar-refractivity contribution in [2.24, 2.45) is 11.3 Å². The molecule has 0 aromatic carbocycles. The number of esters is 1. The molecule has 100 valence electrons. The summed E-state index contributed by atoms with van der Waals surface area (Å²) in [6.07, 6.45) is -4.32. The van der Waals surface area contributed by atoms with Gasteiger partial charge in [-0.3, -0.25) is 4.79 Å². The number of hydrogen-bond donors (Lipinski definition) is 0. The van der Waals surface area contributed by atoms with Crippen molar-refractivity contribution in [3.05, 3.63) is 21.9 Å². The zero-order valence-corrected chi connectivity index (χ0v) is 11.0. The molecule has 1 aliphatic carbocycles. The number of ether oxygens (including phenoxy) is 1. The maximum atomic E-state index is 12.5. The molecule has 2 rings (SSSR count). The van der Waals surface area contributed by atoms with E-state index in [0.29, 0.717) is 4.88 Å². The lowest BCUT2D eigenvalue weighted by atomic mass is 10.1. The van der Waals surface area contributed by atoms with Crippen LogP contribution in [-0.2, 0) is 15.7 Å². The lowest BCUT2D eigenvalue weighted by Gasteiger charge is -2.01. The summed E-state index contributed by atoms with van der Waals surface area (Å²) in [4.78, 5) is 12.1. The predicted octanol–water partition coefficient (Wildman–Crippen LogP) is 3.68. The Kier molecular flexibility index (Phi) is 2.96. The molecule has 1 aromatic heterocycles. The Balaban J connectivity index is 2.24. The third kappa shape index (κ3) is 2.02. The number of rotatable bonds is 2. The third-order valence-electron chi connectivity index (χ3n) is 3.54. The number of thiophene rings is 1. The van der Waals surface area contributed by atoms with Gasteiger partial charge in [0.2, 0.25) is 0 Å². The molecule has 1 aromatic rings. The van der Waals surface area contributed by atoms with Crippen LogP contribution in [0.5, 0.6) is 0 Å². The van der Waals surface area contributed by atoms with Crippen LogP contribution in [0.15, 0.2) is 11.4 Å². The van der Waals surface area contributed by atoms with Gasteiger partial charge >= 0.3 is 12.1 Å². The van der Waals surface area contributed by atoms with Gasteiger partial charge in [-0.05, 0) is 11.5 Å². The molecular weight excluding hydrogens is 265 g/mol. The fraction of sp³-hybridized carbons (Fsp3) is 0.583. The van der Waals surface area contributed by atoms with Gasteiger partial charge in [-0.25, -0.2) is 0 Å². The molecule has 0 bridgehead atoms. The highest BCUT2D eigenvalue weighted by Gasteiger charge is 2.63. The van der Waals surface area contributed by atoms with Crippen LogP contribution >= 0.6 is 11.3 Å². The summed E-state index contributed by atoms with van der Waals surface area (Å²) in [5.74, 6) is -0.875. The van der Waals surface area contributed by atoms with Gasteiger partial charge in [0.25, 0.3) is 0 Å². The van der Waals surface area contributed by atoms with E-state index < -0.39 is 11.7 Å². The van der Waals surface area contributed by atoms with E-state index in [-0.39, 0.29) is 23.2 Å². The van der Waals surface area contributed by atoms with Gasteiger partial charge in [0.15, 0.2) is 0 Å². The molecule has 2 atom stereocenters. The highest BCUT2D eigenvalue weighted by Crippen LogP contribution is 2.65. The lowest BCUT2D eigenvalue weighted by Crippen LogP contribution is -2.07. The molecule has 1 aliphatic rings. The van der Waals surface area contributed by atoms with E-state index in [9.17, 15) is 18.0 Å². The van der Waals surface area contributed by atoms with E-state index in [1.165, 1.54) is 7.11 Å². The second kappa shape index (κ2) is 3.98. The van der Waals surface area contributed by atoms with Gasteiger partial charge in [0, 0.05) is 16.2 Å². The van der Waals surface area contributed by atoms with Crippen LogP contribution in [-0.4, -0.2) is 13.1 Å². The van der Waals surface area contributed by atoms with Crippen molar-refractivity contribution in [1.82, 2.24) is 0 Å². The van der Waals surface area contributed by atoms with E-state index in [1.807, 2.05) is 13.8 Å². The predicted molar refractivity (Wildman–Crippen MR) is 61.3 cm³/mol. The molecular formula is C12H13F3O2S. The second-order valence-corrected chi connectivity index (χ2v) is 5.98. The first kappa shape index (κ1) is 13.4. The molecule has 1 fully saturated rings. The standard InChI is InChI=1S/C12H13F3O2S/c1-11(2)8(9(11)10(16)17-3)7-4-6(5-18-7)12(13,14)15/h4-5,8-9H,1-3H3. The van der Waals surface area contributed by atoms with Crippen molar-refractivity contribution in [2.45, 2.75) is 25.9 Å². The second-order valence-electron chi connectivity index (χ2n) is 5.04. The summed E-state index contributed by atoms with van der Waals surface area (Å²) in [5.41, 5.74) is -0.977. The van der Waals surface area contributed by atoms with Gasteiger partial charge in [-0.1, -0.05) is 13.8 Å². The first-order chi connectivity index (χ1) is 8.19. The van der Waals surface area contributed by atoms with Crippen molar-refractivity contribution in [1.29, 1.82) is 0 Å². The van der Waals surface area contributed by atoms with Crippen molar-refractivity contribution >= 4 is 17.3 Å². The van der Waals surface area contributed by atoms with E-state index in [0.717, 1.165) is 22.8 Å². The molecule has 2 unspecified atom stereocenters. The van der Waals surface area contributed by atoms with Crippen LogP contribution in [0, 0.1) is 11.3 Å². The monoisotopic (exact) mass is 278 g/mol. The third-order valence-corrected chi connectivity index (χ3v) is 4.55. The summed E-state index contributed by atoms with van der Waals surface area (Å²) >= 11 is 1.05. The molecule has 18 heavy (non-hydrogen) atoms. The van der Waals surface area contributed by atoms with Crippen molar-refractivity contribution < 1.29 is 22.7 Å². The number of carbonyl (C=O) groups excluding carboxylic acids is 1. The van der Waals surface area contributed by atoms with Crippen molar-refractivity contribution in [2.75, 3.05) is 7.11 Å². The Bertz CT molecular complexity index is 476. The van der Waals surface area contributed by atoms with Gasteiger partial charge < -0.3 is 4.74 Å². The van der Waals surface area contributed by atoms with Crippen LogP contribution in [0.4, 0.5) is 13.2 Å². The van der Waals surface area contributed by atoms with Gasteiger partial charge in [0.1, 0.15) is 0 Å². The minimum atomic E-state index is -4.32. The van der Waals surface area contributed by atoms with Crippen LogP contribution < -0.4 is 0 Å². The fourth-order valence-electron chi connectivity index (χ4n) is 2.40. The van der Waals surface area contributed by atoms with E-state index >= 15 is 0 Å². The van der Waals surface area contributed by atoms with E-state index in [4.69, 9.17) is 0 Å². The number of methoxy groups -OCH3 is 1. The Morgan fingerprint density at radius 2 is 2.06 bits per heavy atom. The molecule has 0 radical (unpaired) electrons. The number of carbonyl (C=O) groups is 1. The fourth-order valence-corrected chi connectivity index (χ4v) is 3.65. The molecule has 0 saturated heterocycles. The van der Waals surface area contributed by atoms with Gasteiger partial charge in [-0.15, -0.1) is 11.3 Å². The van der Waals surface area contributed by atoms with Crippen LogP contribution in [0.25, 0.3) is 0 Å². The van der Waals surface area contributed by atoms with Crippen molar-refractivity contribution in [3.8, 4) is 0 Å². The highest BCUT2D eigenvalue weighted by molar-refractivity contribution is 7.10. The molecule has 1 heterocycles. The summed E-state index contributed by atoms with van der Waals surface area (Å²) < 4.78 is 42.2. The molecule has 0 N–H and O–H groups in total. The van der Waals surface area contributed by atoms with Crippen LogP contribution in [0.2, 0.25) is 0 Å². The number of hydrogen-bond acceptors (Lipinski definition) is 3. The largest absolute Gasteiger partial charge is 0.469 e. The van der Waals surface area contributed by atoms with Crippen LogP contribution in [0.1, 0.15) is 30.2 Å². The first-order valence-electron chi connectivity index (χ1n) is 5.43. The zero-order chi connectivity index (χ0) is 13.7. The van der Waals surface area contributed by atoms with Gasteiger partial charge in [-0.2, -0.15) is 13.2 Å². The quantitative estimate of drug-likeness (QED) is 0.771. The Hall–Kier alpha value is -1.04. The Morgan fingerprint density at radius 3 is 2.50 bits per heavy atom. The average Bonchev–Trinajstić information content (AvgIpc) is 2.66. The maximum absolute atomic E-state index is 12.5. The van der Waals surface area contributed by atoms with Gasteiger partial charge in [0.05, 0.1) is 18.6 Å². The molecule has 0 spiro atoms. The number of alkyl halides is 3. The molecule has 0 aliphatic heterocycles. The minimum absolute atomic E-state index is 0.175. The zero-order valence-electron chi connectivity index (χ0n) is 10.2. The smallest absolute Gasteiger partial charge is 0.417 e. The molecule has 1 saturated carbocycles. The SMILES string of the molecule is COC(=O)C1C(c2cc(C(F)(F)F)cs2)C1(C)C. The number of halogens is 3. The lowest BCUT2D eigenvalue weighted by molar-refractivity contribution is -0.143.